The minimum absolute atomic E-state index is 0.0680. The van der Waals surface area contributed by atoms with E-state index in [-0.39, 0.29) is 30.0 Å². The maximum Gasteiger partial charge on any atom is 0.239 e. The Bertz CT molecular complexity index is 857. The van der Waals surface area contributed by atoms with E-state index in [2.05, 4.69) is 10.4 Å². The van der Waals surface area contributed by atoms with Crippen LogP contribution in [0.2, 0.25) is 0 Å². The number of amides is 1. The maximum atomic E-state index is 12.5. The number of likely N-dealkylation sites (N-methyl/N-ethyl adjacent to an activating group) is 1. The Labute approximate surface area is 153 Å². The van der Waals surface area contributed by atoms with Crippen LogP contribution < -0.4 is 5.32 Å². The average molecular weight is 380 g/mol. The number of furan rings is 1. The van der Waals surface area contributed by atoms with Gasteiger partial charge in [0.2, 0.25) is 5.91 Å². The smallest absolute Gasteiger partial charge is 0.239 e. The van der Waals surface area contributed by atoms with Gasteiger partial charge in [-0.3, -0.25) is 9.69 Å². The maximum absolute atomic E-state index is 12.5. The third-order valence-corrected chi connectivity index (χ3v) is 6.23. The number of rotatable bonds is 7. The Kier molecular flexibility index (Phi) is 5.47. The second-order valence-corrected chi connectivity index (χ2v) is 8.88. The first-order valence-corrected chi connectivity index (χ1v) is 10.5. The molecule has 1 saturated heterocycles. The number of anilines is 1. The van der Waals surface area contributed by atoms with Gasteiger partial charge in [0.1, 0.15) is 5.82 Å². The van der Waals surface area contributed by atoms with Crippen molar-refractivity contribution in [2.75, 3.05) is 29.9 Å². The van der Waals surface area contributed by atoms with Crippen molar-refractivity contribution >= 4 is 21.6 Å². The molecular formula is C17H24N4O4S. The molecule has 3 heterocycles. The lowest BCUT2D eigenvalue weighted by Crippen LogP contribution is -2.33. The number of hydrogen-bond acceptors (Lipinski definition) is 6. The van der Waals surface area contributed by atoms with Gasteiger partial charge in [0.25, 0.3) is 0 Å². The van der Waals surface area contributed by atoms with Crippen LogP contribution in [0.15, 0.2) is 29.1 Å². The first-order chi connectivity index (χ1) is 12.4. The van der Waals surface area contributed by atoms with Crippen LogP contribution in [-0.4, -0.2) is 53.6 Å². The summed E-state index contributed by atoms with van der Waals surface area (Å²) < 4.78 is 30.2. The summed E-state index contributed by atoms with van der Waals surface area (Å²) in [4.78, 5) is 14.5. The summed E-state index contributed by atoms with van der Waals surface area (Å²) in [6.07, 6.45) is 3.80. The number of aromatic nitrogens is 2. The predicted molar refractivity (Wildman–Crippen MR) is 97.6 cm³/mol. The zero-order chi connectivity index (χ0) is 18.7. The van der Waals surface area contributed by atoms with Crippen molar-refractivity contribution < 1.29 is 17.6 Å². The molecule has 0 saturated carbocycles. The third-order valence-electron chi connectivity index (χ3n) is 4.48. The summed E-state index contributed by atoms with van der Waals surface area (Å²) >= 11 is 0. The molecular weight excluding hydrogens is 356 g/mol. The van der Waals surface area contributed by atoms with Crippen LogP contribution in [0, 0.1) is 6.92 Å². The Hall–Kier alpha value is -2.13. The van der Waals surface area contributed by atoms with Gasteiger partial charge in [0, 0.05) is 18.2 Å². The van der Waals surface area contributed by atoms with Crippen molar-refractivity contribution in [3.63, 3.8) is 0 Å². The molecule has 1 unspecified atom stereocenters. The summed E-state index contributed by atoms with van der Waals surface area (Å²) in [7, 11) is -3.02. The normalized spacial score (nSPS) is 19.1. The van der Waals surface area contributed by atoms with Gasteiger partial charge in [-0.15, -0.1) is 0 Å². The monoisotopic (exact) mass is 380 g/mol. The molecule has 9 heteroatoms. The zero-order valence-electron chi connectivity index (χ0n) is 15.0. The van der Waals surface area contributed by atoms with Crippen LogP contribution in [-0.2, 0) is 21.2 Å². The zero-order valence-corrected chi connectivity index (χ0v) is 15.8. The van der Waals surface area contributed by atoms with Gasteiger partial charge in [0.05, 0.1) is 42.3 Å². The molecule has 3 rings (SSSR count). The highest BCUT2D eigenvalue weighted by Crippen LogP contribution is 2.27. The van der Waals surface area contributed by atoms with E-state index in [9.17, 15) is 13.2 Å². The lowest BCUT2D eigenvalue weighted by molar-refractivity contribution is -0.117. The minimum Gasteiger partial charge on any atom is -0.472 e. The second kappa shape index (κ2) is 7.63. The van der Waals surface area contributed by atoms with Crippen molar-refractivity contribution in [2.24, 2.45) is 0 Å². The largest absolute Gasteiger partial charge is 0.472 e. The minimum atomic E-state index is -3.02. The van der Waals surface area contributed by atoms with E-state index in [0.29, 0.717) is 18.8 Å². The topological polar surface area (TPSA) is 97.4 Å². The molecule has 1 aliphatic heterocycles. The fraction of sp³-hybridized carbons (Fsp3) is 0.529. The van der Waals surface area contributed by atoms with Crippen LogP contribution in [0.1, 0.15) is 30.6 Å². The Balaban J connectivity index is 1.65. The molecule has 142 valence electrons. The molecule has 2 aromatic heterocycles. The van der Waals surface area contributed by atoms with E-state index in [1.807, 2.05) is 24.8 Å². The van der Waals surface area contributed by atoms with Crippen molar-refractivity contribution in [1.82, 2.24) is 14.7 Å². The van der Waals surface area contributed by atoms with Gasteiger partial charge in [-0.25, -0.2) is 13.1 Å². The Morgan fingerprint density at radius 3 is 2.92 bits per heavy atom. The van der Waals surface area contributed by atoms with E-state index < -0.39 is 9.84 Å². The first-order valence-electron chi connectivity index (χ1n) is 8.66. The molecule has 0 spiro atoms. The standard InChI is InChI=1S/C17H24N4O4S/c1-3-20(9-14-4-6-25-11-14)10-17(22)18-16-8-13(2)19-21(16)15-5-7-26(23,24)12-15/h4,6,8,11,15H,3,5,7,9-10,12H2,1-2H3,(H,18,22). The molecule has 1 amide bonds. The Morgan fingerprint density at radius 2 is 2.31 bits per heavy atom. The van der Waals surface area contributed by atoms with Crippen LogP contribution in [0.25, 0.3) is 0 Å². The summed E-state index contributed by atoms with van der Waals surface area (Å²) in [5.74, 6) is 0.628. The molecule has 26 heavy (non-hydrogen) atoms. The van der Waals surface area contributed by atoms with Gasteiger partial charge in [-0.2, -0.15) is 5.10 Å². The van der Waals surface area contributed by atoms with Crippen LogP contribution in [0.5, 0.6) is 0 Å². The van der Waals surface area contributed by atoms with Crippen molar-refractivity contribution in [3.8, 4) is 0 Å². The number of carbonyl (C=O) groups excluding carboxylic acids is 1. The molecule has 0 bridgehead atoms. The number of nitrogens with one attached hydrogen (secondary N) is 1. The number of hydrogen-bond donors (Lipinski definition) is 1. The molecule has 0 aliphatic carbocycles. The molecule has 1 N–H and O–H groups in total. The van der Waals surface area contributed by atoms with Crippen LogP contribution in [0.3, 0.4) is 0 Å². The number of sulfone groups is 1. The van der Waals surface area contributed by atoms with Crippen LogP contribution >= 0.6 is 0 Å². The van der Waals surface area contributed by atoms with Crippen molar-refractivity contribution in [2.45, 2.75) is 32.9 Å². The molecule has 2 aromatic rings. The number of carbonyl (C=O) groups is 1. The number of nitrogens with zero attached hydrogens (tertiary/aromatic N) is 3. The van der Waals surface area contributed by atoms with E-state index in [4.69, 9.17) is 4.42 Å². The molecule has 0 radical (unpaired) electrons. The van der Waals surface area contributed by atoms with Gasteiger partial charge in [-0.1, -0.05) is 6.92 Å². The van der Waals surface area contributed by atoms with E-state index >= 15 is 0 Å². The van der Waals surface area contributed by atoms with Gasteiger partial charge >= 0.3 is 0 Å². The number of aryl methyl sites for hydroxylation is 1. The molecule has 1 aliphatic rings. The quantitative estimate of drug-likeness (QED) is 0.784. The molecule has 0 aromatic carbocycles. The van der Waals surface area contributed by atoms with E-state index in [0.717, 1.165) is 17.8 Å². The van der Waals surface area contributed by atoms with Crippen molar-refractivity contribution in [3.05, 3.63) is 35.9 Å². The molecule has 8 nitrogen and oxygen atoms in total. The summed E-state index contributed by atoms with van der Waals surface area (Å²) in [6, 6.07) is 3.42. The van der Waals surface area contributed by atoms with Gasteiger partial charge in [-0.05, 0) is 26.0 Å². The highest BCUT2D eigenvalue weighted by atomic mass is 32.2. The van der Waals surface area contributed by atoms with E-state index in [1.165, 1.54) is 0 Å². The fourth-order valence-corrected chi connectivity index (χ4v) is 4.85. The second-order valence-electron chi connectivity index (χ2n) is 6.66. The van der Waals surface area contributed by atoms with E-state index in [1.54, 1.807) is 23.3 Å². The molecule has 1 atom stereocenters. The summed E-state index contributed by atoms with van der Waals surface area (Å²) in [5.41, 5.74) is 1.76. The first kappa shape index (κ1) is 18.7. The Morgan fingerprint density at radius 1 is 1.50 bits per heavy atom. The SMILES string of the molecule is CCN(CC(=O)Nc1cc(C)nn1C1CCS(=O)(=O)C1)Cc1ccoc1. The van der Waals surface area contributed by atoms with Crippen LogP contribution in [0.4, 0.5) is 5.82 Å². The third kappa shape index (κ3) is 4.53. The predicted octanol–water partition coefficient (Wildman–Crippen LogP) is 1.60. The van der Waals surface area contributed by atoms with Crippen molar-refractivity contribution in [1.29, 1.82) is 0 Å². The molecule has 1 fully saturated rings. The lowest BCUT2D eigenvalue weighted by Gasteiger charge is -2.19. The van der Waals surface area contributed by atoms with Gasteiger partial charge in [0.15, 0.2) is 9.84 Å². The fourth-order valence-electron chi connectivity index (χ4n) is 3.16. The highest BCUT2D eigenvalue weighted by Gasteiger charge is 2.31. The summed E-state index contributed by atoms with van der Waals surface area (Å²) in [5, 5.41) is 7.26. The highest BCUT2D eigenvalue weighted by molar-refractivity contribution is 7.91. The summed E-state index contributed by atoms with van der Waals surface area (Å²) in [6.45, 7) is 5.39. The lowest BCUT2D eigenvalue weighted by atomic mass is 10.3. The van der Waals surface area contributed by atoms with Gasteiger partial charge < -0.3 is 9.73 Å². The average Bonchev–Trinajstić information content (AvgIpc) is 3.27.